The van der Waals surface area contributed by atoms with Gasteiger partial charge in [-0.15, -0.1) is 0 Å². The van der Waals surface area contributed by atoms with E-state index in [9.17, 15) is 4.79 Å². The van der Waals surface area contributed by atoms with Crippen molar-refractivity contribution in [2.24, 2.45) is 11.3 Å². The Morgan fingerprint density at radius 3 is 2.67 bits per heavy atom. The summed E-state index contributed by atoms with van der Waals surface area (Å²) < 4.78 is 5.95. The molecule has 2 atom stereocenters. The van der Waals surface area contributed by atoms with E-state index in [0.29, 0.717) is 11.3 Å². The second-order valence-electron chi connectivity index (χ2n) is 7.59. The van der Waals surface area contributed by atoms with Crippen LogP contribution in [-0.2, 0) is 4.74 Å². The van der Waals surface area contributed by atoms with Crippen LogP contribution in [0.2, 0.25) is 0 Å². The quantitative estimate of drug-likeness (QED) is 0.749. The molecule has 0 aromatic heterocycles. The largest absolute Gasteiger partial charge is 0.370 e. The van der Waals surface area contributed by atoms with Crippen molar-refractivity contribution in [3.8, 4) is 0 Å². The number of carbonyl (C=O) groups is 1. The minimum absolute atomic E-state index is 0.104. The molecule has 0 heterocycles. The Balaban J connectivity index is 1.96. The number of rotatable bonds is 4. The zero-order valence-corrected chi connectivity index (χ0v) is 14.0. The van der Waals surface area contributed by atoms with Crippen molar-refractivity contribution in [2.75, 3.05) is 6.61 Å². The SMILES string of the molecule is Cc1ccc(C)c(C(=O)COC2CC(C)CC(C)(C)C2)c1. The van der Waals surface area contributed by atoms with Gasteiger partial charge in [-0.05, 0) is 56.1 Å². The summed E-state index contributed by atoms with van der Waals surface area (Å²) in [6.45, 7) is 11.1. The summed E-state index contributed by atoms with van der Waals surface area (Å²) in [5, 5.41) is 0. The molecule has 1 saturated carbocycles. The van der Waals surface area contributed by atoms with Crippen LogP contribution in [0.5, 0.6) is 0 Å². The molecule has 116 valence electrons. The molecule has 2 heteroatoms. The summed E-state index contributed by atoms with van der Waals surface area (Å²) in [6, 6.07) is 6.02. The maximum atomic E-state index is 12.4. The van der Waals surface area contributed by atoms with E-state index in [0.717, 1.165) is 29.5 Å². The van der Waals surface area contributed by atoms with Crippen molar-refractivity contribution in [2.45, 2.75) is 60.0 Å². The van der Waals surface area contributed by atoms with Crippen molar-refractivity contribution in [1.29, 1.82) is 0 Å². The van der Waals surface area contributed by atoms with Crippen molar-refractivity contribution in [3.63, 3.8) is 0 Å². The van der Waals surface area contributed by atoms with Gasteiger partial charge in [0.15, 0.2) is 5.78 Å². The molecule has 1 aromatic carbocycles. The molecule has 0 saturated heterocycles. The second-order valence-corrected chi connectivity index (χ2v) is 7.59. The van der Waals surface area contributed by atoms with Crippen LogP contribution in [0, 0.1) is 25.2 Å². The fourth-order valence-electron chi connectivity index (χ4n) is 3.69. The predicted octanol–water partition coefficient (Wildman–Crippen LogP) is 4.72. The summed E-state index contributed by atoms with van der Waals surface area (Å²) in [4.78, 5) is 12.4. The molecule has 0 bridgehead atoms. The summed E-state index contributed by atoms with van der Waals surface area (Å²) in [6.07, 6.45) is 3.59. The predicted molar refractivity (Wildman–Crippen MR) is 86.8 cm³/mol. The lowest BCUT2D eigenvalue weighted by atomic mass is 9.71. The van der Waals surface area contributed by atoms with Gasteiger partial charge in [0.05, 0.1) is 6.10 Å². The minimum atomic E-state index is 0.104. The van der Waals surface area contributed by atoms with Crippen LogP contribution in [-0.4, -0.2) is 18.5 Å². The lowest BCUT2D eigenvalue weighted by Crippen LogP contribution is -2.33. The highest BCUT2D eigenvalue weighted by molar-refractivity contribution is 5.98. The first-order valence-electron chi connectivity index (χ1n) is 7.99. The second kappa shape index (κ2) is 6.31. The first kappa shape index (κ1) is 16.2. The number of hydrogen-bond donors (Lipinski definition) is 0. The molecule has 2 unspecified atom stereocenters. The van der Waals surface area contributed by atoms with E-state index in [1.165, 1.54) is 6.42 Å². The average molecular weight is 288 g/mol. The number of Topliss-reactive ketones (excluding diaryl/α,β-unsaturated/α-hetero) is 1. The summed E-state index contributed by atoms with van der Waals surface area (Å²) in [5.41, 5.74) is 3.28. The molecule has 2 rings (SSSR count). The van der Waals surface area contributed by atoms with Crippen LogP contribution in [0.4, 0.5) is 0 Å². The molecule has 0 spiro atoms. The number of hydrogen-bond acceptors (Lipinski definition) is 2. The molecule has 21 heavy (non-hydrogen) atoms. The number of ether oxygens (including phenoxy) is 1. The molecule has 0 aliphatic heterocycles. The van der Waals surface area contributed by atoms with Gasteiger partial charge in [-0.1, -0.05) is 38.5 Å². The van der Waals surface area contributed by atoms with Crippen LogP contribution < -0.4 is 0 Å². The van der Waals surface area contributed by atoms with E-state index in [1.807, 2.05) is 32.0 Å². The van der Waals surface area contributed by atoms with Gasteiger partial charge in [0, 0.05) is 5.56 Å². The van der Waals surface area contributed by atoms with Crippen molar-refractivity contribution >= 4 is 5.78 Å². The maximum Gasteiger partial charge on any atom is 0.188 e. The Morgan fingerprint density at radius 2 is 2.00 bits per heavy atom. The van der Waals surface area contributed by atoms with Gasteiger partial charge >= 0.3 is 0 Å². The van der Waals surface area contributed by atoms with Gasteiger partial charge in [-0.3, -0.25) is 4.79 Å². The van der Waals surface area contributed by atoms with E-state index in [4.69, 9.17) is 4.74 Å². The first-order valence-corrected chi connectivity index (χ1v) is 7.99. The van der Waals surface area contributed by atoms with Gasteiger partial charge in [0.25, 0.3) is 0 Å². The average Bonchev–Trinajstić information content (AvgIpc) is 2.36. The Kier molecular flexibility index (Phi) is 4.88. The molecule has 1 aliphatic rings. The maximum absolute atomic E-state index is 12.4. The highest BCUT2D eigenvalue weighted by Crippen LogP contribution is 2.39. The highest BCUT2D eigenvalue weighted by atomic mass is 16.5. The first-order chi connectivity index (χ1) is 9.77. The highest BCUT2D eigenvalue weighted by Gasteiger charge is 2.32. The van der Waals surface area contributed by atoms with Crippen LogP contribution in [0.3, 0.4) is 0 Å². The Morgan fingerprint density at radius 1 is 1.29 bits per heavy atom. The molecule has 2 nitrogen and oxygen atoms in total. The van der Waals surface area contributed by atoms with Crippen LogP contribution >= 0.6 is 0 Å². The van der Waals surface area contributed by atoms with Crippen molar-refractivity contribution in [1.82, 2.24) is 0 Å². The lowest BCUT2D eigenvalue weighted by Gasteiger charge is -2.38. The third-order valence-corrected chi connectivity index (χ3v) is 4.49. The summed E-state index contributed by atoms with van der Waals surface area (Å²) in [5.74, 6) is 0.779. The molecule has 1 aromatic rings. The molecule has 0 N–H and O–H groups in total. The monoisotopic (exact) mass is 288 g/mol. The number of benzene rings is 1. The standard InChI is InChI=1S/C19H28O2/c1-13-6-7-15(3)17(9-13)18(20)12-21-16-8-14(2)10-19(4,5)11-16/h6-7,9,14,16H,8,10-12H2,1-5H3. The summed E-state index contributed by atoms with van der Waals surface area (Å²) >= 11 is 0. The van der Waals surface area contributed by atoms with Gasteiger partial charge in [-0.25, -0.2) is 0 Å². The van der Waals surface area contributed by atoms with Crippen LogP contribution in [0.1, 0.15) is 61.5 Å². The van der Waals surface area contributed by atoms with E-state index in [-0.39, 0.29) is 18.5 Å². The minimum Gasteiger partial charge on any atom is -0.370 e. The molecule has 1 aliphatic carbocycles. The normalized spacial score (nSPS) is 24.8. The van der Waals surface area contributed by atoms with Crippen LogP contribution in [0.25, 0.3) is 0 Å². The van der Waals surface area contributed by atoms with Crippen molar-refractivity contribution < 1.29 is 9.53 Å². The van der Waals surface area contributed by atoms with Gasteiger partial charge in [0.2, 0.25) is 0 Å². The van der Waals surface area contributed by atoms with Gasteiger partial charge < -0.3 is 4.74 Å². The van der Waals surface area contributed by atoms with Crippen LogP contribution in [0.15, 0.2) is 18.2 Å². The number of ketones is 1. The Labute approximate surface area is 128 Å². The van der Waals surface area contributed by atoms with E-state index >= 15 is 0 Å². The molecule has 0 amide bonds. The number of aryl methyl sites for hydroxylation is 2. The fourth-order valence-corrected chi connectivity index (χ4v) is 3.69. The topological polar surface area (TPSA) is 26.3 Å². The fraction of sp³-hybridized carbons (Fsp3) is 0.632. The van der Waals surface area contributed by atoms with E-state index < -0.39 is 0 Å². The zero-order chi connectivity index (χ0) is 15.6. The third kappa shape index (κ3) is 4.41. The molecular formula is C19H28O2. The molecule has 0 radical (unpaired) electrons. The molecule has 1 fully saturated rings. The Hall–Kier alpha value is -1.15. The number of carbonyl (C=O) groups excluding carboxylic acids is 1. The lowest BCUT2D eigenvalue weighted by molar-refractivity contribution is -0.0167. The smallest absolute Gasteiger partial charge is 0.188 e. The van der Waals surface area contributed by atoms with Crippen molar-refractivity contribution in [3.05, 3.63) is 34.9 Å². The van der Waals surface area contributed by atoms with Gasteiger partial charge in [-0.2, -0.15) is 0 Å². The zero-order valence-electron chi connectivity index (χ0n) is 14.0. The summed E-state index contributed by atoms with van der Waals surface area (Å²) in [7, 11) is 0. The molecular weight excluding hydrogens is 260 g/mol. The van der Waals surface area contributed by atoms with E-state index in [1.54, 1.807) is 0 Å². The third-order valence-electron chi connectivity index (χ3n) is 4.49. The van der Waals surface area contributed by atoms with E-state index in [2.05, 4.69) is 20.8 Å². The Bertz CT molecular complexity index is 516. The van der Waals surface area contributed by atoms with Gasteiger partial charge in [0.1, 0.15) is 6.61 Å².